The van der Waals surface area contributed by atoms with Gasteiger partial charge in [-0.2, -0.15) is 0 Å². The van der Waals surface area contributed by atoms with Crippen LogP contribution in [0.4, 0.5) is 4.39 Å². The lowest BCUT2D eigenvalue weighted by molar-refractivity contribution is 0.351. The molecule has 1 nitrogen and oxygen atoms in total. The van der Waals surface area contributed by atoms with E-state index in [9.17, 15) is 4.39 Å². The first-order valence-corrected chi connectivity index (χ1v) is 8.74. The Labute approximate surface area is 133 Å². The lowest BCUT2D eigenvalue weighted by Gasteiger charge is -2.24. The molecule has 0 radical (unpaired) electrons. The Kier molecular flexibility index (Phi) is 6.98. The maximum Gasteiger partial charge on any atom is 0.126 e. The number of halogens is 2. The minimum atomic E-state index is -0.136. The van der Waals surface area contributed by atoms with Gasteiger partial charge in [0.25, 0.3) is 0 Å². The minimum Gasteiger partial charge on any atom is -0.314 e. The maximum atomic E-state index is 13.9. The summed E-state index contributed by atoms with van der Waals surface area (Å²) in [5.41, 5.74) is 0.738. The Morgan fingerprint density at radius 2 is 1.95 bits per heavy atom. The molecule has 21 heavy (non-hydrogen) atoms. The molecule has 0 amide bonds. The van der Waals surface area contributed by atoms with Crippen LogP contribution in [0, 0.1) is 11.7 Å². The maximum absolute atomic E-state index is 13.9. The van der Waals surface area contributed by atoms with Gasteiger partial charge in [-0.05, 0) is 49.1 Å². The van der Waals surface area contributed by atoms with Crippen molar-refractivity contribution in [3.05, 3.63) is 34.6 Å². The molecule has 1 unspecified atom stereocenters. The number of rotatable bonds is 6. The smallest absolute Gasteiger partial charge is 0.126 e. The fourth-order valence-corrected chi connectivity index (χ4v) is 3.69. The third kappa shape index (κ3) is 5.60. The van der Waals surface area contributed by atoms with E-state index in [1.165, 1.54) is 44.6 Å². The predicted octanol–water partition coefficient (Wildman–Crippen LogP) is 5.36. The number of benzene rings is 1. The number of likely N-dealkylation sites (N-methyl/N-ethyl adjacent to an activating group) is 1. The second-order valence-corrected chi connectivity index (χ2v) is 6.72. The molecule has 0 bridgehead atoms. The van der Waals surface area contributed by atoms with Crippen LogP contribution in [0.1, 0.15) is 57.4 Å². The summed E-state index contributed by atoms with van der Waals surface area (Å²) in [6.07, 6.45) is 10.0. The molecule has 0 saturated heterocycles. The summed E-state index contributed by atoms with van der Waals surface area (Å²) in [4.78, 5) is 0. The van der Waals surface area contributed by atoms with Gasteiger partial charge in [-0.25, -0.2) is 4.39 Å². The van der Waals surface area contributed by atoms with Crippen molar-refractivity contribution in [3.8, 4) is 0 Å². The Bertz CT molecular complexity index is 427. The zero-order valence-electron chi connectivity index (χ0n) is 13.0. The van der Waals surface area contributed by atoms with Crippen LogP contribution in [-0.4, -0.2) is 12.6 Å². The zero-order chi connectivity index (χ0) is 15.1. The molecule has 1 aliphatic rings. The minimum absolute atomic E-state index is 0.136. The molecule has 1 fully saturated rings. The van der Waals surface area contributed by atoms with Gasteiger partial charge in [-0.1, -0.05) is 57.0 Å². The summed E-state index contributed by atoms with van der Waals surface area (Å²) >= 11 is 6.00. The van der Waals surface area contributed by atoms with Crippen molar-refractivity contribution in [1.82, 2.24) is 5.32 Å². The van der Waals surface area contributed by atoms with E-state index in [0.29, 0.717) is 11.1 Å². The summed E-state index contributed by atoms with van der Waals surface area (Å²) in [6.45, 7) is 3.05. The number of nitrogens with one attached hydrogen (secondary N) is 1. The van der Waals surface area contributed by atoms with Crippen LogP contribution in [0.3, 0.4) is 0 Å². The fraction of sp³-hybridized carbons (Fsp3) is 0.667. The first-order chi connectivity index (χ1) is 10.2. The van der Waals surface area contributed by atoms with Gasteiger partial charge in [-0.15, -0.1) is 0 Å². The van der Waals surface area contributed by atoms with Crippen molar-refractivity contribution >= 4 is 11.6 Å². The van der Waals surface area contributed by atoms with Crippen molar-refractivity contribution in [2.75, 3.05) is 6.54 Å². The van der Waals surface area contributed by atoms with E-state index in [0.717, 1.165) is 30.9 Å². The molecule has 1 saturated carbocycles. The highest BCUT2D eigenvalue weighted by molar-refractivity contribution is 6.30. The van der Waals surface area contributed by atoms with Gasteiger partial charge in [0.1, 0.15) is 5.82 Å². The van der Waals surface area contributed by atoms with Gasteiger partial charge in [0.15, 0.2) is 0 Å². The van der Waals surface area contributed by atoms with E-state index < -0.39 is 0 Å². The Morgan fingerprint density at radius 1 is 1.24 bits per heavy atom. The van der Waals surface area contributed by atoms with Crippen LogP contribution in [0.15, 0.2) is 18.2 Å². The van der Waals surface area contributed by atoms with Crippen LogP contribution >= 0.6 is 11.6 Å². The second kappa shape index (κ2) is 8.75. The van der Waals surface area contributed by atoms with Gasteiger partial charge >= 0.3 is 0 Å². The van der Waals surface area contributed by atoms with E-state index in [-0.39, 0.29) is 5.82 Å². The molecule has 118 valence electrons. The Morgan fingerprint density at radius 3 is 2.62 bits per heavy atom. The third-order valence-electron chi connectivity index (χ3n) is 4.56. The topological polar surface area (TPSA) is 12.0 Å². The molecule has 0 aliphatic heterocycles. The normalized spacial score (nSPS) is 18.4. The van der Waals surface area contributed by atoms with Crippen molar-refractivity contribution in [3.63, 3.8) is 0 Å². The van der Waals surface area contributed by atoms with Gasteiger partial charge < -0.3 is 5.32 Å². The molecule has 1 atom stereocenters. The average molecular weight is 312 g/mol. The molecule has 2 rings (SSSR count). The summed E-state index contributed by atoms with van der Waals surface area (Å²) < 4.78 is 13.9. The lowest BCUT2D eigenvalue weighted by atomic mass is 9.89. The van der Waals surface area contributed by atoms with Crippen molar-refractivity contribution in [1.29, 1.82) is 0 Å². The molecule has 0 aromatic heterocycles. The molecule has 1 aromatic rings. The van der Waals surface area contributed by atoms with E-state index in [2.05, 4.69) is 12.2 Å². The number of hydrogen-bond donors (Lipinski definition) is 1. The molecular formula is C18H27ClFN. The Balaban J connectivity index is 1.98. The van der Waals surface area contributed by atoms with E-state index >= 15 is 0 Å². The third-order valence-corrected chi connectivity index (χ3v) is 4.79. The molecular weight excluding hydrogens is 285 g/mol. The molecule has 3 heteroatoms. The van der Waals surface area contributed by atoms with Crippen LogP contribution in [0.25, 0.3) is 0 Å². The van der Waals surface area contributed by atoms with Crippen molar-refractivity contribution in [2.24, 2.45) is 5.92 Å². The predicted molar refractivity (Wildman–Crippen MR) is 88.4 cm³/mol. The lowest BCUT2D eigenvalue weighted by Crippen LogP contribution is -2.33. The standard InChI is InChI=1S/C18H27ClFN/c1-2-21-17(11-14-7-5-3-4-6-8-14)13-15-12-16(19)9-10-18(15)20/h9-10,12,14,17,21H,2-8,11,13H2,1H3. The van der Waals surface area contributed by atoms with Crippen LogP contribution in [0.2, 0.25) is 5.02 Å². The first-order valence-electron chi connectivity index (χ1n) is 8.36. The molecule has 1 aliphatic carbocycles. The Hall–Kier alpha value is -0.600. The van der Waals surface area contributed by atoms with E-state index in [1.807, 2.05) is 0 Å². The zero-order valence-corrected chi connectivity index (χ0v) is 13.8. The molecule has 0 spiro atoms. The van der Waals surface area contributed by atoms with Crippen LogP contribution in [0.5, 0.6) is 0 Å². The van der Waals surface area contributed by atoms with Crippen molar-refractivity contribution in [2.45, 2.75) is 64.3 Å². The summed E-state index contributed by atoms with van der Waals surface area (Å²) in [5.74, 6) is 0.655. The summed E-state index contributed by atoms with van der Waals surface area (Å²) in [7, 11) is 0. The van der Waals surface area contributed by atoms with Crippen LogP contribution in [-0.2, 0) is 6.42 Å². The number of hydrogen-bond acceptors (Lipinski definition) is 1. The molecule has 1 N–H and O–H groups in total. The van der Waals surface area contributed by atoms with Crippen molar-refractivity contribution < 1.29 is 4.39 Å². The summed E-state index contributed by atoms with van der Waals surface area (Å²) in [5, 5.41) is 4.16. The van der Waals surface area contributed by atoms with Gasteiger partial charge in [0.05, 0.1) is 0 Å². The van der Waals surface area contributed by atoms with E-state index in [1.54, 1.807) is 12.1 Å². The first kappa shape index (κ1) is 16.8. The van der Waals surface area contributed by atoms with Crippen LogP contribution < -0.4 is 5.32 Å². The highest BCUT2D eigenvalue weighted by Crippen LogP contribution is 2.28. The average Bonchev–Trinajstić information content (AvgIpc) is 2.72. The largest absolute Gasteiger partial charge is 0.314 e. The van der Waals surface area contributed by atoms with Gasteiger partial charge in [-0.3, -0.25) is 0 Å². The molecule has 0 heterocycles. The highest BCUT2D eigenvalue weighted by Gasteiger charge is 2.19. The monoisotopic (exact) mass is 311 g/mol. The highest BCUT2D eigenvalue weighted by atomic mass is 35.5. The second-order valence-electron chi connectivity index (χ2n) is 6.29. The SMILES string of the molecule is CCNC(Cc1cc(Cl)ccc1F)CC1CCCCCC1. The summed E-state index contributed by atoms with van der Waals surface area (Å²) in [6, 6.07) is 5.22. The fourth-order valence-electron chi connectivity index (χ4n) is 3.49. The quantitative estimate of drug-likeness (QED) is 0.697. The molecule has 1 aromatic carbocycles. The van der Waals surface area contributed by atoms with Gasteiger partial charge in [0, 0.05) is 11.1 Å². The van der Waals surface area contributed by atoms with Gasteiger partial charge in [0.2, 0.25) is 0 Å². The van der Waals surface area contributed by atoms with E-state index in [4.69, 9.17) is 11.6 Å².